The first-order chi connectivity index (χ1) is 10.2. The van der Waals surface area contributed by atoms with Crippen molar-refractivity contribution in [1.82, 2.24) is 10.2 Å². The summed E-state index contributed by atoms with van der Waals surface area (Å²) in [6.07, 6.45) is 9.84. The van der Waals surface area contributed by atoms with Gasteiger partial charge in [0, 0.05) is 33.3 Å². The van der Waals surface area contributed by atoms with Crippen LogP contribution in [0.3, 0.4) is 0 Å². The van der Waals surface area contributed by atoms with Crippen LogP contribution in [-0.2, 0) is 4.74 Å². The van der Waals surface area contributed by atoms with E-state index in [4.69, 9.17) is 4.74 Å². The van der Waals surface area contributed by atoms with Crippen molar-refractivity contribution < 1.29 is 4.74 Å². The monoisotopic (exact) mass is 423 g/mol. The summed E-state index contributed by atoms with van der Waals surface area (Å²) in [6.45, 7) is 8.31. The van der Waals surface area contributed by atoms with E-state index in [0.29, 0.717) is 11.5 Å². The molecule has 1 saturated heterocycles. The third-order valence-corrected chi connectivity index (χ3v) is 4.92. The second-order valence-electron chi connectivity index (χ2n) is 6.98. The second kappa shape index (κ2) is 9.96. The summed E-state index contributed by atoms with van der Waals surface area (Å²) >= 11 is 0. The molecule has 1 heterocycles. The van der Waals surface area contributed by atoms with Crippen molar-refractivity contribution >= 4 is 29.9 Å². The number of nitrogens with one attached hydrogen (secondary N) is 1. The van der Waals surface area contributed by atoms with Crippen LogP contribution in [0.4, 0.5) is 0 Å². The predicted molar refractivity (Wildman–Crippen MR) is 104 cm³/mol. The Labute approximate surface area is 153 Å². The first kappa shape index (κ1) is 20.0. The van der Waals surface area contributed by atoms with Crippen LogP contribution < -0.4 is 5.32 Å². The molecule has 1 spiro atoms. The quantitative estimate of drug-likeness (QED) is 0.318. The van der Waals surface area contributed by atoms with E-state index in [-0.39, 0.29) is 24.0 Å². The predicted octanol–water partition coefficient (Wildman–Crippen LogP) is 3.65. The van der Waals surface area contributed by atoms with E-state index in [1.807, 2.05) is 7.05 Å². The van der Waals surface area contributed by atoms with Gasteiger partial charge < -0.3 is 15.0 Å². The van der Waals surface area contributed by atoms with Gasteiger partial charge in [0.15, 0.2) is 5.96 Å². The molecule has 1 N–H and O–H groups in total. The summed E-state index contributed by atoms with van der Waals surface area (Å²) in [5, 5.41) is 3.50. The van der Waals surface area contributed by atoms with Crippen molar-refractivity contribution in [2.24, 2.45) is 10.4 Å². The normalized spacial score (nSPS) is 21.3. The molecule has 130 valence electrons. The highest BCUT2D eigenvalue weighted by Gasteiger charge is 2.39. The summed E-state index contributed by atoms with van der Waals surface area (Å²) < 4.78 is 5.58. The van der Waals surface area contributed by atoms with E-state index >= 15 is 0 Å². The molecule has 0 unspecified atom stereocenters. The van der Waals surface area contributed by atoms with Crippen molar-refractivity contribution in [3.05, 3.63) is 0 Å². The van der Waals surface area contributed by atoms with Gasteiger partial charge in [0.25, 0.3) is 0 Å². The van der Waals surface area contributed by atoms with Crippen molar-refractivity contribution in [2.75, 3.05) is 33.3 Å². The van der Waals surface area contributed by atoms with Gasteiger partial charge in [-0.3, -0.25) is 4.99 Å². The van der Waals surface area contributed by atoms with Crippen LogP contribution in [0.25, 0.3) is 0 Å². The molecule has 2 rings (SSSR count). The number of ether oxygens (including phenoxy) is 1. The molecule has 1 aliphatic carbocycles. The van der Waals surface area contributed by atoms with Gasteiger partial charge >= 0.3 is 0 Å². The zero-order valence-corrected chi connectivity index (χ0v) is 16.9. The Morgan fingerprint density at radius 1 is 1.23 bits per heavy atom. The number of guanidine groups is 1. The summed E-state index contributed by atoms with van der Waals surface area (Å²) in [5.74, 6) is 1.09. The Kier molecular flexibility index (Phi) is 9.05. The van der Waals surface area contributed by atoms with Crippen molar-refractivity contribution in [2.45, 2.75) is 64.9 Å². The molecule has 4 nitrogen and oxygen atoms in total. The zero-order chi connectivity index (χ0) is 15.1. The molecule has 2 fully saturated rings. The van der Waals surface area contributed by atoms with Gasteiger partial charge in [-0.15, -0.1) is 24.0 Å². The van der Waals surface area contributed by atoms with Crippen LogP contribution in [0.5, 0.6) is 0 Å². The topological polar surface area (TPSA) is 36.9 Å². The fourth-order valence-electron chi connectivity index (χ4n) is 3.75. The van der Waals surface area contributed by atoms with Gasteiger partial charge in [-0.05, 0) is 44.9 Å². The minimum atomic E-state index is 0. The molecule has 0 bridgehead atoms. The summed E-state index contributed by atoms with van der Waals surface area (Å²) in [5.41, 5.74) is 0.594. The zero-order valence-electron chi connectivity index (χ0n) is 14.6. The van der Waals surface area contributed by atoms with E-state index in [1.54, 1.807) is 0 Å². The largest absolute Gasteiger partial charge is 0.379 e. The lowest BCUT2D eigenvalue weighted by molar-refractivity contribution is 0.0775. The molecular weight excluding hydrogens is 389 g/mol. The van der Waals surface area contributed by atoms with Gasteiger partial charge in [0.05, 0.1) is 6.10 Å². The van der Waals surface area contributed by atoms with Gasteiger partial charge in [-0.1, -0.05) is 19.3 Å². The van der Waals surface area contributed by atoms with E-state index < -0.39 is 0 Å². The standard InChI is InChI=1S/C17H33N3O.HI/c1-15(2)21-13-7-11-19-16(18-3)20-12-10-17(14-20)8-5-4-6-9-17;/h15H,4-14H2,1-3H3,(H,18,19);1H. The van der Waals surface area contributed by atoms with Crippen molar-refractivity contribution in [1.29, 1.82) is 0 Å². The molecule has 0 aromatic heterocycles. The van der Waals surface area contributed by atoms with Crippen molar-refractivity contribution in [3.8, 4) is 0 Å². The summed E-state index contributed by atoms with van der Waals surface area (Å²) in [4.78, 5) is 6.94. The highest BCUT2D eigenvalue weighted by molar-refractivity contribution is 14.0. The third kappa shape index (κ3) is 5.87. The number of aliphatic imine (C=N–C) groups is 1. The van der Waals surface area contributed by atoms with Gasteiger partial charge in [-0.25, -0.2) is 0 Å². The van der Waals surface area contributed by atoms with E-state index in [0.717, 1.165) is 25.5 Å². The SMILES string of the molecule is CN=C(NCCCOC(C)C)N1CCC2(CCCCC2)C1.I. The van der Waals surface area contributed by atoms with Crippen LogP contribution in [0.15, 0.2) is 4.99 Å². The average molecular weight is 423 g/mol. The number of likely N-dealkylation sites (tertiary alicyclic amines) is 1. The number of rotatable bonds is 5. The van der Waals surface area contributed by atoms with Gasteiger partial charge in [0.2, 0.25) is 0 Å². The Bertz CT molecular complexity index is 341. The summed E-state index contributed by atoms with van der Waals surface area (Å²) in [6, 6.07) is 0. The molecule has 0 aromatic rings. The van der Waals surface area contributed by atoms with E-state index in [1.165, 1.54) is 51.6 Å². The van der Waals surface area contributed by atoms with Crippen LogP contribution in [0.1, 0.15) is 58.8 Å². The minimum Gasteiger partial charge on any atom is -0.379 e. The average Bonchev–Trinajstić information content (AvgIpc) is 2.87. The summed E-state index contributed by atoms with van der Waals surface area (Å²) in [7, 11) is 1.90. The maximum Gasteiger partial charge on any atom is 0.193 e. The third-order valence-electron chi connectivity index (χ3n) is 4.92. The molecule has 0 amide bonds. The van der Waals surface area contributed by atoms with Crippen LogP contribution in [0, 0.1) is 5.41 Å². The Balaban J connectivity index is 0.00000242. The van der Waals surface area contributed by atoms with E-state index in [9.17, 15) is 0 Å². The first-order valence-electron chi connectivity index (χ1n) is 8.72. The Morgan fingerprint density at radius 3 is 2.59 bits per heavy atom. The molecule has 0 aromatic carbocycles. The molecule has 22 heavy (non-hydrogen) atoms. The fourth-order valence-corrected chi connectivity index (χ4v) is 3.75. The first-order valence-corrected chi connectivity index (χ1v) is 8.72. The minimum absolute atomic E-state index is 0. The second-order valence-corrected chi connectivity index (χ2v) is 6.98. The highest BCUT2D eigenvalue weighted by atomic mass is 127. The lowest BCUT2D eigenvalue weighted by Crippen LogP contribution is -2.42. The fraction of sp³-hybridized carbons (Fsp3) is 0.941. The molecular formula is C17H34IN3O. The number of hydrogen-bond donors (Lipinski definition) is 1. The molecule has 5 heteroatoms. The molecule has 1 aliphatic heterocycles. The lowest BCUT2D eigenvalue weighted by atomic mass is 9.73. The Hall–Kier alpha value is -0.0400. The number of hydrogen-bond acceptors (Lipinski definition) is 2. The lowest BCUT2D eigenvalue weighted by Gasteiger charge is -2.33. The van der Waals surface area contributed by atoms with Gasteiger partial charge in [-0.2, -0.15) is 0 Å². The number of nitrogens with zero attached hydrogens (tertiary/aromatic N) is 2. The Morgan fingerprint density at radius 2 is 1.95 bits per heavy atom. The van der Waals surface area contributed by atoms with Gasteiger partial charge in [0.1, 0.15) is 0 Å². The van der Waals surface area contributed by atoms with Crippen LogP contribution in [-0.4, -0.2) is 50.3 Å². The maximum atomic E-state index is 5.58. The van der Waals surface area contributed by atoms with Crippen LogP contribution >= 0.6 is 24.0 Å². The molecule has 2 aliphatic rings. The molecule has 0 radical (unpaired) electrons. The van der Waals surface area contributed by atoms with Crippen molar-refractivity contribution in [3.63, 3.8) is 0 Å². The molecule has 1 saturated carbocycles. The highest BCUT2D eigenvalue weighted by Crippen LogP contribution is 2.43. The van der Waals surface area contributed by atoms with E-state index in [2.05, 4.69) is 29.1 Å². The number of halogens is 1. The smallest absolute Gasteiger partial charge is 0.193 e. The molecule has 0 atom stereocenters. The van der Waals surface area contributed by atoms with Crippen LogP contribution in [0.2, 0.25) is 0 Å². The maximum absolute atomic E-state index is 5.58.